The molecule has 2 aromatic heterocycles. The molecule has 2 N–H and O–H groups in total. The van der Waals surface area contributed by atoms with E-state index in [2.05, 4.69) is 25.3 Å². The normalized spacial score (nSPS) is 11.4. The molecule has 0 saturated heterocycles. The number of H-pyrrole nitrogens is 1. The van der Waals surface area contributed by atoms with Gasteiger partial charge in [0.2, 0.25) is 0 Å². The zero-order valence-corrected chi connectivity index (χ0v) is 12.9. The molecule has 10 heteroatoms. The first kappa shape index (κ1) is 17.6. The average Bonchev–Trinajstić information content (AvgIpc) is 2.45. The Balaban J connectivity index is 2.03. The standard InChI is InChI=1S/C14H14F3N5O2/c1-7-5-10(14(15,16)17)22-11(20-7)3-4-18-12(23)9-6-19-8(2)21-13(9)24/h5-6H,3-4H2,1-2H3,(H,18,23)(H,19,21,24). The van der Waals surface area contributed by atoms with E-state index in [4.69, 9.17) is 0 Å². The van der Waals surface area contributed by atoms with E-state index in [1.807, 2.05) is 0 Å². The highest BCUT2D eigenvalue weighted by molar-refractivity contribution is 5.93. The number of nitrogens with zero attached hydrogens (tertiary/aromatic N) is 3. The van der Waals surface area contributed by atoms with Crippen molar-refractivity contribution in [3.8, 4) is 0 Å². The minimum Gasteiger partial charge on any atom is -0.351 e. The molecule has 128 valence electrons. The summed E-state index contributed by atoms with van der Waals surface area (Å²) >= 11 is 0. The van der Waals surface area contributed by atoms with Crippen LogP contribution < -0.4 is 10.9 Å². The molecule has 0 atom stereocenters. The summed E-state index contributed by atoms with van der Waals surface area (Å²) in [5, 5.41) is 2.43. The monoisotopic (exact) mass is 341 g/mol. The van der Waals surface area contributed by atoms with Crippen LogP contribution in [0.5, 0.6) is 0 Å². The maximum Gasteiger partial charge on any atom is 0.433 e. The van der Waals surface area contributed by atoms with Gasteiger partial charge < -0.3 is 10.3 Å². The van der Waals surface area contributed by atoms with Crippen molar-refractivity contribution in [2.45, 2.75) is 26.4 Å². The second kappa shape index (κ2) is 6.77. The molecule has 0 unspecified atom stereocenters. The van der Waals surface area contributed by atoms with E-state index in [1.165, 1.54) is 6.92 Å². The first-order chi connectivity index (χ1) is 11.2. The second-order valence-corrected chi connectivity index (χ2v) is 5.03. The van der Waals surface area contributed by atoms with Gasteiger partial charge >= 0.3 is 6.18 Å². The van der Waals surface area contributed by atoms with Crippen LogP contribution in [0.25, 0.3) is 0 Å². The molecule has 0 aliphatic carbocycles. The molecule has 0 aliphatic rings. The van der Waals surface area contributed by atoms with Crippen molar-refractivity contribution in [3.05, 3.63) is 51.2 Å². The number of alkyl halides is 3. The number of carbonyl (C=O) groups is 1. The molecule has 0 fully saturated rings. The summed E-state index contributed by atoms with van der Waals surface area (Å²) in [5.41, 5.74) is -1.62. The molecule has 7 nitrogen and oxygen atoms in total. The average molecular weight is 341 g/mol. The topological polar surface area (TPSA) is 101 Å². The first-order valence-electron chi connectivity index (χ1n) is 6.92. The highest BCUT2D eigenvalue weighted by atomic mass is 19.4. The number of hydrogen-bond acceptors (Lipinski definition) is 5. The molecule has 0 radical (unpaired) electrons. The number of aryl methyl sites for hydroxylation is 2. The summed E-state index contributed by atoms with van der Waals surface area (Å²) in [4.78, 5) is 37.0. The third kappa shape index (κ3) is 4.37. The molecule has 2 heterocycles. The van der Waals surface area contributed by atoms with Crippen LogP contribution in [-0.2, 0) is 12.6 Å². The van der Waals surface area contributed by atoms with E-state index in [0.717, 1.165) is 12.3 Å². The molecular weight excluding hydrogens is 327 g/mol. The lowest BCUT2D eigenvalue weighted by atomic mass is 10.2. The van der Waals surface area contributed by atoms with Gasteiger partial charge in [-0.05, 0) is 19.9 Å². The number of halogens is 3. The summed E-state index contributed by atoms with van der Waals surface area (Å²) in [6.07, 6.45) is -3.44. The van der Waals surface area contributed by atoms with Crippen molar-refractivity contribution in [3.63, 3.8) is 0 Å². The van der Waals surface area contributed by atoms with Crippen molar-refractivity contribution in [2.75, 3.05) is 6.54 Å². The number of amides is 1. The van der Waals surface area contributed by atoms with Gasteiger partial charge in [0.05, 0.1) is 0 Å². The van der Waals surface area contributed by atoms with Gasteiger partial charge in [-0.2, -0.15) is 13.2 Å². The van der Waals surface area contributed by atoms with Crippen LogP contribution in [0.3, 0.4) is 0 Å². The van der Waals surface area contributed by atoms with Gasteiger partial charge in [-0.1, -0.05) is 0 Å². The summed E-state index contributed by atoms with van der Waals surface area (Å²) < 4.78 is 38.1. The van der Waals surface area contributed by atoms with E-state index in [1.54, 1.807) is 6.92 Å². The summed E-state index contributed by atoms with van der Waals surface area (Å²) in [5.74, 6) is -0.351. The van der Waals surface area contributed by atoms with Crippen molar-refractivity contribution in [1.82, 2.24) is 25.3 Å². The lowest BCUT2D eigenvalue weighted by Gasteiger charge is -2.09. The number of aromatic amines is 1. The molecule has 24 heavy (non-hydrogen) atoms. The van der Waals surface area contributed by atoms with E-state index in [9.17, 15) is 22.8 Å². The molecular formula is C14H14F3N5O2. The smallest absolute Gasteiger partial charge is 0.351 e. The third-order valence-corrected chi connectivity index (χ3v) is 3.00. The fraction of sp³-hybridized carbons (Fsp3) is 0.357. The van der Waals surface area contributed by atoms with Crippen LogP contribution in [0.1, 0.15) is 33.4 Å². The Morgan fingerprint density at radius 3 is 2.62 bits per heavy atom. The Morgan fingerprint density at radius 1 is 1.29 bits per heavy atom. The number of nitrogens with one attached hydrogen (secondary N) is 2. The Kier molecular flexibility index (Phi) is 4.96. The Morgan fingerprint density at radius 2 is 2.00 bits per heavy atom. The number of aromatic nitrogens is 4. The summed E-state index contributed by atoms with van der Waals surface area (Å²) in [6.45, 7) is 2.97. The molecule has 1 amide bonds. The van der Waals surface area contributed by atoms with Crippen molar-refractivity contribution >= 4 is 5.91 Å². The van der Waals surface area contributed by atoms with Gasteiger partial charge in [0.25, 0.3) is 11.5 Å². The number of hydrogen-bond donors (Lipinski definition) is 2. The predicted octanol–water partition coefficient (Wildman–Crippen LogP) is 1.17. The Labute approximate surface area is 134 Å². The van der Waals surface area contributed by atoms with Crippen LogP contribution in [-0.4, -0.2) is 32.4 Å². The van der Waals surface area contributed by atoms with E-state index >= 15 is 0 Å². The number of carbonyl (C=O) groups excluding carboxylic acids is 1. The second-order valence-electron chi connectivity index (χ2n) is 5.03. The minimum absolute atomic E-state index is 0.00626. The van der Waals surface area contributed by atoms with E-state index in [0.29, 0.717) is 5.82 Å². The molecule has 0 aromatic carbocycles. The van der Waals surface area contributed by atoms with Crippen molar-refractivity contribution in [2.24, 2.45) is 0 Å². The maximum atomic E-state index is 12.7. The first-order valence-corrected chi connectivity index (χ1v) is 6.92. The fourth-order valence-corrected chi connectivity index (χ4v) is 1.92. The van der Waals surface area contributed by atoms with Crippen LogP contribution >= 0.6 is 0 Å². The van der Waals surface area contributed by atoms with Gasteiger partial charge in [0, 0.05) is 24.9 Å². The molecule has 2 aromatic rings. The highest BCUT2D eigenvalue weighted by Gasteiger charge is 2.33. The Hall–Kier alpha value is -2.78. The van der Waals surface area contributed by atoms with E-state index in [-0.39, 0.29) is 30.0 Å². The lowest BCUT2D eigenvalue weighted by Crippen LogP contribution is -2.32. The molecule has 0 bridgehead atoms. The minimum atomic E-state index is -4.56. The molecule has 0 saturated carbocycles. The molecule has 2 rings (SSSR count). The van der Waals surface area contributed by atoms with Crippen LogP contribution in [0.15, 0.2) is 17.1 Å². The lowest BCUT2D eigenvalue weighted by molar-refractivity contribution is -0.141. The van der Waals surface area contributed by atoms with Gasteiger partial charge in [-0.3, -0.25) is 9.59 Å². The fourth-order valence-electron chi connectivity index (χ4n) is 1.92. The largest absolute Gasteiger partial charge is 0.433 e. The van der Waals surface area contributed by atoms with Gasteiger partial charge in [0.15, 0.2) is 0 Å². The van der Waals surface area contributed by atoms with Gasteiger partial charge in [0.1, 0.15) is 22.9 Å². The van der Waals surface area contributed by atoms with Gasteiger partial charge in [-0.25, -0.2) is 15.0 Å². The number of rotatable bonds is 4. The van der Waals surface area contributed by atoms with Crippen LogP contribution in [0, 0.1) is 13.8 Å². The zero-order chi connectivity index (χ0) is 17.9. The van der Waals surface area contributed by atoms with Crippen LogP contribution in [0.4, 0.5) is 13.2 Å². The highest BCUT2D eigenvalue weighted by Crippen LogP contribution is 2.27. The predicted molar refractivity (Wildman–Crippen MR) is 77.4 cm³/mol. The quantitative estimate of drug-likeness (QED) is 0.869. The van der Waals surface area contributed by atoms with Crippen molar-refractivity contribution < 1.29 is 18.0 Å². The maximum absolute atomic E-state index is 12.7. The third-order valence-electron chi connectivity index (χ3n) is 3.00. The van der Waals surface area contributed by atoms with Crippen molar-refractivity contribution in [1.29, 1.82) is 0 Å². The molecule has 0 spiro atoms. The summed E-state index contributed by atoms with van der Waals surface area (Å²) in [7, 11) is 0. The Bertz CT molecular complexity index is 817. The van der Waals surface area contributed by atoms with Gasteiger partial charge in [-0.15, -0.1) is 0 Å². The van der Waals surface area contributed by atoms with Crippen LogP contribution in [0.2, 0.25) is 0 Å². The zero-order valence-electron chi connectivity index (χ0n) is 12.9. The summed E-state index contributed by atoms with van der Waals surface area (Å²) in [6, 6.07) is 0.847. The van der Waals surface area contributed by atoms with E-state index < -0.39 is 23.3 Å². The molecule has 0 aliphatic heterocycles. The SMILES string of the molecule is Cc1cc(C(F)(F)F)nc(CCNC(=O)c2cnc(C)[nH]c2=O)n1.